The van der Waals surface area contributed by atoms with Crippen molar-refractivity contribution in [3.05, 3.63) is 35.3 Å². The van der Waals surface area contributed by atoms with Crippen molar-refractivity contribution >= 4 is 27.9 Å². The first-order chi connectivity index (χ1) is 9.54. The Hall–Kier alpha value is -2.23. The van der Waals surface area contributed by atoms with E-state index >= 15 is 0 Å². The van der Waals surface area contributed by atoms with E-state index in [-0.39, 0.29) is 6.42 Å². The Morgan fingerprint density at radius 1 is 1.15 bits per heavy atom. The van der Waals surface area contributed by atoms with E-state index in [0.29, 0.717) is 12.8 Å². The molecule has 0 bridgehead atoms. The number of fused-ring (bicyclic) bond motifs is 2. The van der Waals surface area contributed by atoms with Gasteiger partial charge in [0, 0.05) is 22.8 Å². The van der Waals surface area contributed by atoms with Crippen LogP contribution >= 0.6 is 0 Å². The largest absolute Gasteiger partial charge is 0.481 e. The average molecular weight is 272 g/mol. The SMILES string of the molecule is Cc1cc2c(CCCC(=O)O)c3oc(C)cc3cc2o1. The van der Waals surface area contributed by atoms with Crippen molar-refractivity contribution in [3.63, 3.8) is 0 Å². The molecule has 0 aliphatic carbocycles. The van der Waals surface area contributed by atoms with E-state index in [1.54, 1.807) is 0 Å². The molecule has 1 N–H and O–H groups in total. The van der Waals surface area contributed by atoms with Gasteiger partial charge in [0.1, 0.15) is 22.7 Å². The van der Waals surface area contributed by atoms with Gasteiger partial charge in [-0.1, -0.05) is 0 Å². The number of carbonyl (C=O) groups is 1. The summed E-state index contributed by atoms with van der Waals surface area (Å²) in [7, 11) is 0. The van der Waals surface area contributed by atoms with E-state index in [2.05, 4.69) is 0 Å². The second kappa shape index (κ2) is 4.71. The summed E-state index contributed by atoms with van der Waals surface area (Å²) in [4.78, 5) is 10.7. The highest BCUT2D eigenvalue weighted by Gasteiger charge is 2.15. The maximum Gasteiger partial charge on any atom is 0.303 e. The van der Waals surface area contributed by atoms with Gasteiger partial charge in [0.2, 0.25) is 0 Å². The Kier molecular flexibility index (Phi) is 3.01. The molecule has 0 radical (unpaired) electrons. The van der Waals surface area contributed by atoms with Crippen LogP contribution < -0.4 is 0 Å². The smallest absolute Gasteiger partial charge is 0.303 e. The molecule has 3 aromatic rings. The predicted molar refractivity (Wildman–Crippen MR) is 76.0 cm³/mol. The van der Waals surface area contributed by atoms with E-state index in [1.807, 2.05) is 32.0 Å². The van der Waals surface area contributed by atoms with Crippen molar-refractivity contribution in [2.24, 2.45) is 0 Å². The number of benzene rings is 1. The number of hydrogen-bond donors (Lipinski definition) is 1. The number of rotatable bonds is 4. The number of carboxylic acid groups (broad SMARTS) is 1. The minimum absolute atomic E-state index is 0.161. The van der Waals surface area contributed by atoms with Crippen LogP contribution in [0.5, 0.6) is 0 Å². The van der Waals surface area contributed by atoms with Crippen LogP contribution in [0.4, 0.5) is 0 Å². The zero-order valence-corrected chi connectivity index (χ0v) is 11.5. The fourth-order valence-corrected chi connectivity index (χ4v) is 2.68. The van der Waals surface area contributed by atoms with Gasteiger partial charge in [0.15, 0.2) is 0 Å². The second-order valence-electron chi connectivity index (χ2n) is 5.15. The first-order valence-electron chi connectivity index (χ1n) is 6.68. The predicted octanol–water partition coefficient (Wildman–Crippen LogP) is 4.20. The van der Waals surface area contributed by atoms with Gasteiger partial charge >= 0.3 is 5.97 Å². The van der Waals surface area contributed by atoms with Crippen LogP contribution in [-0.4, -0.2) is 11.1 Å². The molecular formula is C16H16O4. The zero-order valence-electron chi connectivity index (χ0n) is 11.5. The minimum Gasteiger partial charge on any atom is -0.481 e. The number of aliphatic carboxylic acids is 1. The van der Waals surface area contributed by atoms with E-state index in [1.165, 1.54) is 0 Å². The fourth-order valence-electron chi connectivity index (χ4n) is 2.68. The molecule has 0 amide bonds. The van der Waals surface area contributed by atoms with Gasteiger partial charge in [0.25, 0.3) is 0 Å². The van der Waals surface area contributed by atoms with Crippen LogP contribution in [-0.2, 0) is 11.2 Å². The molecule has 104 valence electrons. The Labute approximate surface area is 116 Å². The maximum atomic E-state index is 10.7. The molecule has 0 saturated heterocycles. The summed E-state index contributed by atoms with van der Waals surface area (Å²) in [5, 5.41) is 10.8. The van der Waals surface area contributed by atoms with E-state index < -0.39 is 5.97 Å². The van der Waals surface area contributed by atoms with Crippen LogP contribution in [0.25, 0.3) is 21.9 Å². The number of aryl methyl sites for hydroxylation is 3. The van der Waals surface area contributed by atoms with Crippen molar-refractivity contribution < 1.29 is 18.7 Å². The lowest BCUT2D eigenvalue weighted by Gasteiger charge is -2.03. The Bertz CT molecular complexity index is 737. The molecule has 0 saturated carbocycles. The van der Waals surface area contributed by atoms with E-state index in [9.17, 15) is 4.79 Å². The molecule has 20 heavy (non-hydrogen) atoms. The second-order valence-corrected chi connectivity index (χ2v) is 5.15. The summed E-state index contributed by atoms with van der Waals surface area (Å²) in [5.74, 6) is 0.931. The molecule has 1 aromatic carbocycles. The summed E-state index contributed by atoms with van der Waals surface area (Å²) in [6.07, 6.45) is 1.42. The van der Waals surface area contributed by atoms with Crippen molar-refractivity contribution in [2.45, 2.75) is 33.1 Å². The topological polar surface area (TPSA) is 63.6 Å². The Morgan fingerprint density at radius 2 is 1.90 bits per heavy atom. The molecule has 0 fully saturated rings. The molecular weight excluding hydrogens is 256 g/mol. The molecule has 0 atom stereocenters. The third kappa shape index (κ3) is 2.18. The highest BCUT2D eigenvalue weighted by atomic mass is 16.4. The molecule has 3 rings (SSSR count). The fraction of sp³-hybridized carbons (Fsp3) is 0.312. The molecule has 4 heteroatoms. The van der Waals surface area contributed by atoms with Gasteiger partial charge in [-0.25, -0.2) is 0 Å². The van der Waals surface area contributed by atoms with Gasteiger partial charge in [-0.3, -0.25) is 4.79 Å². The van der Waals surface area contributed by atoms with Gasteiger partial charge < -0.3 is 13.9 Å². The van der Waals surface area contributed by atoms with Crippen molar-refractivity contribution in [1.29, 1.82) is 0 Å². The van der Waals surface area contributed by atoms with Gasteiger partial charge in [-0.05, 0) is 44.9 Å². The summed E-state index contributed by atoms with van der Waals surface area (Å²) in [6.45, 7) is 3.82. The van der Waals surface area contributed by atoms with Crippen LogP contribution in [0.15, 0.2) is 27.0 Å². The molecule has 0 unspecified atom stereocenters. The van der Waals surface area contributed by atoms with E-state index in [0.717, 1.165) is 39.0 Å². The summed E-state index contributed by atoms with van der Waals surface area (Å²) in [5.41, 5.74) is 2.73. The third-order valence-corrected chi connectivity index (χ3v) is 3.47. The quantitative estimate of drug-likeness (QED) is 0.773. The summed E-state index contributed by atoms with van der Waals surface area (Å²) in [6, 6.07) is 5.95. The lowest BCUT2D eigenvalue weighted by molar-refractivity contribution is -0.137. The first-order valence-corrected chi connectivity index (χ1v) is 6.68. The van der Waals surface area contributed by atoms with Crippen molar-refractivity contribution in [3.8, 4) is 0 Å². The standard InChI is InChI=1S/C16H16O4/c1-9-6-11-8-14-13(7-10(2)19-14)12(16(11)20-9)4-3-5-15(17)18/h6-8H,3-5H2,1-2H3,(H,17,18). The number of carboxylic acids is 1. The van der Waals surface area contributed by atoms with Gasteiger partial charge in [-0.15, -0.1) is 0 Å². The van der Waals surface area contributed by atoms with E-state index in [4.69, 9.17) is 13.9 Å². The number of furan rings is 2. The van der Waals surface area contributed by atoms with Crippen LogP contribution in [0.1, 0.15) is 29.9 Å². The minimum atomic E-state index is -0.771. The third-order valence-electron chi connectivity index (χ3n) is 3.47. The normalized spacial score (nSPS) is 11.5. The lowest BCUT2D eigenvalue weighted by Crippen LogP contribution is -1.96. The molecule has 2 heterocycles. The van der Waals surface area contributed by atoms with Crippen LogP contribution in [0.2, 0.25) is 0 Å². The van der Waals surface area contributed by atoms with Gasteiger partial charge in [-0.2, -0.15) is 0 Å². The monoisotopic (exact) mass is 272 g/mol. The van der Waals surface area contributed by atoms with Gasteiger partial charge in [0.05, 0.1) is 0 Å². The molecule has 0 aliphatic rings. The number of hydrogen-bond acceptors (Lipinski definition) is 3. The van der Waals surface area contributed by atoms with Crippen molar-refractivity contribution in [1.82, 2.24) is 0 Å². The molecule has 2 aromatic heterocycles. The van der Waals surface area contributed by atoms with Crippen LogP contribution in [0, 0.1) is 13.8 Å². The molecule has 4 nitrogen and oxygen atoms in total. The van der Waals surface area contributed by atoms with Crippen molar-refractivity contribution in [2.75, 3.05) is 0 Å². The Morgan fingerprint density at radius 3 is 2.65 bits per heavy atom. The zero-order chi connectivity index (χ0) is 14.3. The highest BCUT2D eigenvalue weighted by molar-refractivity contribution is 5.98. The average Bonchev–Trinajstić information content (AvgIpc) is 2.89. The lowest BCUT2D eigenvalue weighted by atomic mass is 10.0. The summed E-state index contributed by atoms with van der Waals surface area (Å²) < 4.78 is 11.5. The summed E-state index contributed by atoms with van der Waals surface area (Å²) >= 11 is 0. The molecule has 0 aliphatic heterocycles. The molecule has 0 spiro atoms. The first kappa shape index (κ1) is 12.8. The van der Waals surface area contributed by atoms with Crippen LogP contribution in [0.3, 0.4) is 0 Å². The maximum absolute atomic E-state index is 10.7. The highest BCUT2D eigenvalue weighted by Crippen LogP contribution is 2.33. The Balaban J connectivity index is 2.13.